The number of methoxy groups -OCH3 is 1. The Balaban J connectivity index is 1.16. The molecule has 0 aromatic carbocycles. The van der Waals surface area contributed by atoms with E-state index in [-0.39, 0.29) is 70.5 Å². The molecule has 0 aromatic heterocycles. The molecule has 39 heavy (non-hydrogen) atoms. The zero-order chi connectivity index (χ0) is 27.8. The molecule has 222 valence electrons. The van der Waals surface area contributed by atoms with Crippen LogP contribution in [0.5, 0.6) is 0 Å². The first-order valence-corrected chi connectivity index (χ1v) is 15.4. The number of piperazine rings is 1. The highest BCUT2D eigenvalue weighted by Crippen LogP contribution is 2.38. The van der Waals surface area contributed by atoms with Gasteiger partial charge in [-0.1, -0.05) is 0 Å². The van der Waals surface area contributed by atoms with Crippen LogP contribution in [0.2, 0.25) is 0 Å². The van der Waals surface area contributed by atoms with Crippen molar-refractivity contribution in [3.8, 4) is 0 Å². The lowest BCUT2D eigenvalue weighted by Crippen LogP contribution is -2.66. The van der Waals surface area contributed by atoms with E-state index < -0.39 is 18.5 Å². The Labute approximate surface area is 238 Å². The second kappa shape index (κ2) is 12.6. The molecule has 2 amide bonds. The second-order valence-corrected chi connectivity index (χ2v) is 13.6. The van der Waals surface area contributed by atoms with Gasteiger partial charge in [-0.15, -0.1) is 23.4 Å². The van der Waals surface area contributed by atoms with Gasteiger partial charge in [-0.2, -0.15) is 0 Å². The predicted octanol–water partition coefficient (Wildman–Crippen LogP) is -0.311. The number of likely N-dealkylation sites (tertiary alicyclic amines) is 1. The van der Waals surface area contributed by atoms with E-state index in [1.165, 1.54) is 0 Å². The highest BCUT2D eigenvalue weighted by Gasteiger charge is 2.48. The van der Waals surface area contributed by atoms with Crippen molar-refractivity contribution < 1.29 is 23.1 Å². The van der Waals surface area contributed by atoms with E-state index in [9.17, 15) is 18.4 Å². The van der Waals surface area contributed by atoms with Crippen LogP contribution in [0.4, 0.5) is 8.78 Å². The molecule has 5 saturated heterocycles. The molecule has 12 unspecified atom stereocenters. The van der Waals surface area contributed by atoms with Crippen molar-refractivity contribution >= 4 is 35.2 Å². The Morgan fingerprint density at radius 1 is 1.05 bits per heavy atom. The summed E-state index contributed by atoms with van der Waals surface area (Å²) in [6.45, 7) is 6.42. The van der Waals surface area contributed by atoms with Crippen molar-refractivity contribution in [1.29, 1.82) is 0 Å². The SMILES string of the molecule is COC1CNC(Cl)CC1C1CC(C)NCC1C(=O)NC1NC2CN(C(=O)C3NC(C(F)F)CNC3C)CC2S1. The number of fused-ring (bicyclic) bond motifs is 1. The maximum absolute atomic E-state index is 13.6. The number of hydrogen-bond acceptors (Lipinski definition) is 9. The van der Waals surface area contributed by atoms with Crippen molar-refractivity contribution in [2.24, 2.45) is 17.8 Å². The van der Waals surface area contributed by atoms with Gasteiger partial charge in [-0.05, 0) is 38.5 Å². The molecule has 10 nitrogen and oxygen atoms in total. The molecule has 14 heteroatoms. The standard InChI is InChI=1S/C25H42ClF2N7O3S/c1-11-4-13(14-5-20(26)31-8-18(14)38-3)15(6-29-11)23(36)34-25-33-17-9-35(10-19(17)39-25)24(37)21-12(2)30-7-16(32-21)22(27)28/h11-22,25,29-33H,4-10H2,1-3H3,(H,34,36). The molecule has 5 rings (SSSR count). The minimum atomic E-state index is -2.53. The van der Waals surface area contributed by atoms with Gasteiger partial charge in [-0.3, -0.25) is 25.5 Å². The number of piperidine rings is 2. The highest BCUT2D eigenvalue weighted by molar-refractivity contribution is 8.00. The zero-order valence-electron chi connectivity index (χ0n) is 22.7. The van der Waals surface area contributed by atoms with E-state index in [0.717, 1.165) is 12.8 Å². The quantitative estimate of drug-likeness (QED) is 0.182. The van der Waals surface area contributed by atoms with Crippen LogP contribution in [0.3, 0.4) is 0 Å². The third-order valence-electron chi connectivity index (χ3n) is 9.17. The van der Waals surface area contributed by atoms with Gasteiger partial charge in [0.2, 0.25) is 11.8 Å². The van der Waals surface area contributed by atoms with Crippen LogP contribution in [-0.4, -0.2) is 116 Å². The minimum Gasteiger partial charge on any atom is -0.380 e. The van der Waals surface area contributed by atoms with E-state index in [2.05, 4.69) is 38.8 Å². The van der Waals surface area contributed by atoms with Crippen molar-refractivity contribution in [2.45, 2.75) is 85.7 Å². The average molecular weight is 594 g/mol. The maximum atomic E-state index is 13.6. The van der Waals surface area contributed by atoms with Gasteiger partial charge in [0.1, 0.15) is 11.5 Å². The summed E-state index contributed by atoms with van der Waals surface area (Å²) in [6, 6.07) is -1.61. The maximum Gasteiger partial charge on any atom is 0.254 e. The van der Waals surface area contributed by atoms with Gasteiger partial charge in [0.05, 0.1) is 23.6 Å². The Morgan fingerprint density at radius 3 is 2.56 bits per heavy atom. The number of nitrogens with one attached hydrogen (secondary N) is 6. The predicted molar refractivity (Wildman–Crippen MR) is 147 cm³/mol. The summed E-state index contributed by atoms with van der Waals surface area (Å²) in [5, 5.41) is 19.4. The van der Waals surface area contributed by atoms with Crippen molar-refractivity contribution in [2.75, 3.05) is 39.8 Å². The lowest BCUT2D eigenvalue weighted by atomic mass is 9.70. The summed E-state index contributed by atoms with van der Waals surface area (Å²) in [5.41, 5.74) is -0.371. The summed E-state index contributed by atoms with van der Waals surface area (Å²) < 4.78 is 32.3. The molecule has 0 aliphatic carbocycles. The van der Waals surface area contributed by atoms with Gasteiger partial charge < -0.3 is 25.6 Å². The number of rotatable bonds is 6. The van der Waals surface area contributed by atoms with Crippen molar-refractivity contribution in [1.82, 2.24) is 36.8 Å². The van der Waals surface area contributed by atoms with E-state index in [4.69, 9.17) is 16.3 Å². The number of halogens is 3. The van der Waals surface area contributed by atoms with Crippen molar-refractivity contribution in [3.63, 3.8) is 0 Å². The van der Waals surface area contributed by atoms with Crippen LogP contribution >= 0.6 is 23.4 Å². The molecule has 0 aromatic rings. The molecule has 0 radical (unpaired) electrons. The summed E-state index contributed by atoms with van der Waals surface area (Å²) in [5.74, 6) is 0.0126. The lowest BCUT2D eigenvalue weighted by molar-refractivity contribution is -0.134. The zero-order valence-corrected chi connectivity index (χ0v) is 24.2. The third kappa shape index (κ3) is 6.50. The van der Waals surface area contributed by atoms with Crippen molar-refractivity contribution in [3.05, 3.63) is 0 Å². The van der Waals surface area contributed by atoms with E-state index in [1.807, 2.05) is 6.92 Å². The fourth-order valence-corrected chi connectivity index (χ4v) is 8.66. The van der Waals surface area contributed by atoms with Crippen LogP contribution in [0.1, 0.15) is 26.7 Å². The Hall–Kier alpha value is -0.800. The first-order chi connectivity index (χ1) is 18.6. The van der Waals surface area contributed by atoms with E-state index in [1.54, 1.807) is 23.8 Å². The minimum absolute atomic E-state index is 0.0139. The van der Waals surface area contributed by atoms with Crippen LogP contribution in [-0.2, 0) is 14.3 Å². The Bertz CT molecular complexity index is 883. The molecule has 5 heterocycles. The first-order valence-electron chi connectivity index (χ1n) is 14.1. The number of thioether (sulfide) groups is 1. The Morgan fingerprint density at radius 2 is 1.85 bits per heavy atom. The average Bonchev–Trinajstić information content (AvgIpc) is 3.47. The normalized spacial score (nSPS) is 44.8. The molecule has 5 fully saturated rings. The number of carbonyl (C=O) groups excluding carboxylic acids is 2. The van der Waals surface area contributed by atoms with Gasteiger partial charge in [0.25, 0.3) is 6.43 Å². The largest absolute Gasteiger partial charge is 0.380 e. The third-order valence-corrected chi connectivity index (χ3v) is 10.9. The van der Waals surface area contributed by atoms with Crippen LogP contribution < -0.4 is 31.9 Å². The van der Waals surface area contributed by atoms with Gasteiger partial charge >= 0.3 is 0 Å². The molecule has 5 aliphatic rings. The van der Waals surface area contributed by atoms with Gasteiger partial charge in [0.15, 0.2) is 0 Å². The van der Waals surface area contributed by atoms with Crippen LogP contribution in [0, 0.1) is 17.8 Å². The first kappa shape index (κ1) is 29.7. The molecular weight excluding hydrogens is 552 g/mol. The molecule has 0 saturated carbocycles. The van der Waals surface area contributed by atoms with Gasteiger partial charge in [-0.25, -0.2) is 8.78 Å². The van der Waals surface area contributed by atoms with E-state index >= 15 is 0 Å². The molecular formula is C25H42ClF2N7O3S. The molecule has 12 atom stereocenters. The number of alkyl halides is 3. The fourth-order valence-electron chi connectivity index (χ4n) is 6.95. The number of nitrogens with zero attached hydrogens (tertiary/aromatic N) is 1. The molecule has 0 spiro atoms. The summed E-state index contributed by atoms with van der Waals surface area (Å²) >= 11 is 8.08. The number of carbonyl (C=O) groups is 2. The van der Waals surface area contributed by atoms with Crippen LogP contribution in [0.25, 0.3) is 0 Å². The fraction of sp³-hybridized carbons (Fsp3) is 0.920. The second-order valence-electron chi connectivity index (χ2n) is 11.7. The summed E-state index contributed by atoms with van der Waals surface area (Å²) in [6.07, 6.45) is -0.879. The number of ether oxygens (including phenoxy) is 1. The van der Waals surface area contributed by atoms with Gasteiger partial charge in [0, 0.05) is 63.2 Å². The summed E-state index contributed by atoms with van der Waals surface area (Å²) in [4.78, 5) is 28.5. The molecule has 6 N–H and O–H groups in total. The van der Waals surface area contributed by atoms with Crippen LogP contribution in [0.15, 0.2) is 0 Å². The number of amides is 2. The highest BCUT2D eigenvalue weighted by atomic mass is 35.5. The number of hydrogen-bond donors (Lipinski definition) is 6. The monoisotopic (exact) mass is 593 g/mol. The molecule has 0 bridgehead atoms. The summed E-state index contributed by atoms with van der Waals surface area (Å²) in [7, 11) is 1.72. The topological polar surface area (TPSA) is 119 Å². The Kier molecular flexibility index (Phi) is 9.59. The smallest absolute Gasteiger partial charge is 0.254 e. The van der Waals surface area contributed by atoms with E-state index in [0.29, 0.717) is 32.2 Å². The molecule has 5 aliphatic heterocycles. The lowest BCUT2D eigenvalue weighted by Gasteiger charge is -2.45.